The van der Waals surface area contributed by atoms with Gasteiger partial charge in [-0.15, -0.1) is 0 Å². The summed E-state index contributed by atoms with van der Waals surface area (Å²) in [6.45, 7) is 17.6. The monoisotopic (exact) mass is 545 g/mol. The third-order valence-electron chi connectivity index (χ3n) is 7.46. The predicted octanol–water partition coefficient (Wildman–Crippen LogP) is 6.64. The average molecular weight is 546 g/mol. The van der Waals surface area contributed by atoms with Crippen LogP contribution >= 0.6 is 0 Å². The lowest BCUT2D eigenvalue weighted by Crippen LogP contribution is -2.43. The highest BCUT2D eigenvalue weighted by molar-refractivity contribution is 5.66. The summed E-state index contributed by atoms with van der Waals surface area (Å²) in [4.78, 5) is 13.5. The number of phenolic OH excluding ortho intramolecular Hbond substituents is 1. The molecule has 0 amide bonds. The zero-order valence-electron chi connectivity index (χ0n) is 24.7. The molecule has 2 heterocycles. The summed E-state index contributed by atoms with van der Waals surface area (Å²) in [5.74, 6) is 1.86. The second kappa shape index (κ2) is 14.0. The highest BCUT2D eigenvalue weighted by atomic mass is 19.1. The van der Waals surface area contributed by atoms with E-state index in [1.165, 1.54) is 11.1 Å². The van der Waals surface area contributed by atoms with Crippen LogP contribution in [0.1, 0.15) is 66.9 Å². The van der Waals surface area contributed by atoms with Crippen molar-refractivity contribution in [3.05, 3.63) is 95.2 Å². The van der Waals surface area contributed by atoms with E-state index in [9.17, 15) is 4.39 Å². The molecule has 0 atom stereocenters. The van der Waals surface area contributed by atoms with E-state index in [1.807, 2.05) is 40.8 Å². The number of fused-ring (bicyclic) bond motifs is 1. The van der Waals surface area contributed by atoms with Gasteiger partial charge in [0.1, 0.15) is 23.2 Å². The minimum absolute atomic E-state index is 0.137. The van der Waals surface area contributed by atoms with Gasteiger partial charge in [-0.05, 0) is 81.3 Å². The number of halogens is 1. The molecule has 1 fully saturated rings. The molecule has 1 aliphatic heterocycles. The molecule has 3 N–H and O–H groups in total. The molecule has 0 saturated carbocycles. The molecule has 1 saturated heterocycles. The third kappa shape index (κ3) is 7.40. The number of anilines is 1. The molecule has 0 radical (unpaired) electrons. The first-order chi connectivity index (χ1) is 19.1. The van der Waals surface area contributed by atoms with E-state index >= 15 is 0 Å². The zero-order valence-corrected chi connectivity index (χ0v) is 24.7. The fourth-order valence-electron chi connectivity index (χ4n) is 5.31. The second-order valence-corrected chi connectivity index (χ2v) is 10.2. The Morgan fingerprint density at radius 2 is 1.62 bits per heavy atom. The van der Waals surface area contributed by atoms with Crippen molar-refractivity contribution in [2.24, 2.45) is 5.73 Å². The average Bonchev–Trinajstić information content (AvgIpc) is 3.40. The number of aromatic hydroxyl groups is 1. The van der Waals surface area contributed by atoms with E-state index < -0.39 is 0 Å². The standard InChI is InChI=1S/C23H29FN4.C8H9NO.C2H6/c1-15-12-23(26-17(3)25-15)28-10-8-20(9-11-28)27(4)16(2)21-13-18-6-5-7-19(18)14-22(21)24;1-6(9)7-4-2-3-5-8(7)10;1-2/h12-14,20H,2,5-11H2,1,3-4H3;2-5,10H,1,9H2;1-2H3. The van der Waals surface area contributed by atoms with Crippen LogP contribution in [0.5, 0.6) is 5.75 Å². The molecule has 40 heavy (non-hydrogen) atoms. The number of benzene rings is 2. The summed E-state index contributed by atoms with van der Waals surface area (Å²) >= 11 is 0. The number of hydrogen-bond donors (Lipinski definition) is 2. The van der Waals surface area contributed by atoms with Gasteiger partial charge in [0, 0.05) is 60.5 Å². The van der Waals surface area contributed by atoms with Crippen molar-refractivity contribution >= 4 is 17.2 Å². The smallest absolute Gasteiger partial charge is 0.132 e. The van der Waals surface area contributed by atoms with E-state index in [4.69, 9.17) is 10.8 Å². The molecule has 6 nitrogen and oxygen atoms in total. The van der Waals surface area contributed by atoms with E-state index in [0.717, 1.165) is 68.2 Å². The third-order valence-corrected chi connectivity index (χ3v) is 7.46. The minimum Gasteiger partial charge on any atom is -0.507 e. The molecule has 1 aliphatic carbocycles. The lowest BCUT2D eigenvalue weighted by atomic mass is 9.99. The molecule has 1 aromatic heterocycles. The molecule has 0 bridgehead atoms. The normalized spacial score (nSPS) is 14.3. The number of aromatic nitrogens is 2. The summed E-state index contributed by atoms with van der Waals surface area (Å²) < 4.78 is 14.7. The first-order valence-electron chi connectivity index (χ1n) is 14.2. The number of nitrogens with zero attached hydrogens (tertiary/aromatic N) is 4. The van der Waals surface area contributed by atoms with Crippen molar-refractivity contribution < 1.29 is 9.50 Å². The molecule has 0 unspecified atom stereocenters. The van der Waals surface area contributed by atoms with Crippen molar-refractivity contribution in [3.63, 3.8) is 0 Å². The number of phenols is 1. The maximum Gasteiger partial charge on any atom is 0.132 e. The molecular weight excluding hydrogens is 501 g/mol. The summed E-state index contributed by atoms with van der Waals surface area (Å²) in [6, 6.07) is 13.0. The fourth-order valence-corrected chi connectivity index (χ4v) is 5.31. The van der Waals surface area contributed by atoms with E-state index in [-0.39, 0.29) is 11.6 Å². The van der Waals surface area contributed by atoms with Crippen molar-refractivity contribution in [1.82, 2.24) is 14.9 Å². The minimum atomic E-state index is -0.137. The van der Waals surface area contributed by atoms with Crippen LogP contribution in [0.2, 0.25) is 0 Å². The van der Waals surface area contributed by atoms with Gasteiger partial charge in [-0.3, -0.25) is 0 Å². The first kappa shape index (κ1) is 30.7. The number of aryl methyl sites for hydroxylation is 4. The van der Waals surface area contributed by atoms with E-state index in [0.29, 0.717) is 22.9 Å². The Balaban J connectivity index is 0.000000309. The molecule has 214 valence electrons. The summed E-state index contributed by atoms with van der Waals surface area (Å²) in [6.07, 6.45) is 5.18. The Morgan fingerprint density at radius 1 is 1.00 bits per heavy atom. The molecular formula is C33H44FN5O. The summed E-state index contributed by atoms with van der Waals surface area (Å²) in [7, 11) is 2.05. The molecule has 2 aliphatic rings. The highest BCUT2D eigenvalue weighted by Gasteiger charge is 2.26. The number of rotatable bonds is 5. The SMILES string of the molecule is C=C(N)c1ccccc1O.C=C(c1cc2c(cc1F)CCC2)N(C)C1CCN(c2cc(C)nc(C)n2)CC1.CC. The fraction of sp³-hybridized carbons (Fsp3) is 0.394. The van der Waals surface area contributed by atoms with Crippen LogP contribution < -0.4 is 10.6 Å². The lowest BCUT2D eigenvalue weighted by Gasteiger charge is -2.39. The van der Waals surface area contributed by atoms with Crippen LogP contribution in [0.15, 0.2) is 55.6 Å². The largest absolute Gasteiger partial charge is 0.507 e. The van der Waals surface area contributed by atoms with Crippen LogP contribution in [-0.4, -0.2) is 46.2 Å². The van der Waals surface area contributed by atoms with Gasteiger partial charge in [0.15, 0.2) is 0 Å². The van der Waals surface area contributed by atoms with Gasteiger partial charge in [-0.2, -0.15) is 0 Å². The van der Waals surface area contributed by atoms with Crippen LogP contribution in [-0.2, 0) is 12.8 Å². The van der Waals surface area contributed by atoms with Gasteiger partial charge >= 0.3 is 0 Å². The Hall–Kier alpha value is -3.87. The number of nitrogens with two attached hydrogens (primary N) is 1. The van der Waals surface area contributed by atoms with E-state index in [2.05, 4.69) is 39.0 Å². The van der Waals surface area contributed by atoms with Gasteiger partial charge < -0.3 is 20.6 Å². The molecule has 2 aromatic carbocycles. The Bertz CT molecular complexity index is 1310. The molecule has 0 spiro atoms. The van der Waals surface area contributed by atoms with Crippen LogP contribution in [0.3, 0.4) is 0 Å². The quantitative estimate of drug-likeness (QED) is 0.374. The topological polar surface area (TPSA) is 78.5 Å². The van der Waals surface area contributed by atoms with Gasteiger partial charge in [0.05, 0.1) is 0 Å². The lowest BCUT2D eigenvalue weighted by molar-refractivity contribution is 0.291. The first-order valence-corrected chi connectivity index (χ1v) is 14.2. The Labute approximate surface area is 239 Å². The van der Waals surface area contributed by atoms with Crippen molar-refractivity contribution in [3.8, 4) is 5.75 Å². The Morgan fingerprint density at radius 3 is 2.20 bits per heavy atom. The van der Waals surface area contributed by atoms with Crippen molar-refractivity contribution in [2.45, 2.75) is 65.8 Å². The maximum absolute atomic E-state index is 14.7. The van der Waals surface area contributed by atoms with Crippen molar-refractivity contribution in [1.29, 1.82) is 0 Å². The second-order valence-electron chi connectivity index (χ2n) is 10.2. The van der Waals surface area contributed by atoms with Crippen LogP contribution in [0.25, 0.3) is 11.4 Å². The van der Waals surface area contributed by atoms with Gasteiger partial charge in [0.25, 0.3) is 0 Å². The predicted molar refractivity (Wildman–Crippen MR) is 165 cm³/mol. The summed E-state index contributed by atoms with van der Waals surface area (Å²) in [5, 5.41) is 9.14. The molecule has 5 rings (SSSR count). The van der Waals surface area contributed by atoms with Gasteiger partial charge in [0.2, 0.25) is 0 Å². The highest BCUT2D eigenvalue weighted by Crippen LogP contribution is 2.31. The number of piperidine rings is 1. The van der Waals surface area contributed by atoms with Gasteiger partial charge in [-0.25, -0.2) is 14.4 Å². The Kier molecular flexibility index (Phi) is 10.7. The zero-order chi connectivity index (χ0) is 29.4. The molecule has 3 aromatic rings. The summed E-state index contributed by atoms with van der Waals surface area (Å²) in [5.41, 5.74) is 11.3. The number of hydrogen-bond acceptors (Lipinski definition) is 6. The van der Waals surface area contributed by atoms with E-state index in [1.54, 1.807) is 30.3 Å². The van der Waals surface area contributed by atoms with Crippen molar-refractivity contribution in [2.75, 3.05) is 25.0 Å². The van der Waals surface area contributed by atoms with Crippen LogP contribution in [0.4, 0.5) is 10.2 Å². The number of para-hydroxylation sites is 1. The molecule has 7 heteroatoms. The maximum atomic E-state index is 14.7. The van der Waals surface area contributed by atoms with Gasteiger partial charge in [-0.1, -0.05) is 39.1 Å². The van der Waals surface area contributed by atoms with Crippen LogP contribution in [0, 0.1) is 19.7 Å².